The second-order valence-corrected chi connectivity index (χ2v) is 3.53. The predicted molar refractivity (Wildman–Crippen MR) is 54.4 cm³/mol. The molecule has 0 aliphatic rings. The molecule has 0 unspecified atom stereocenters. The molecule has 15 heavy (non-hydrogen) atoms. The third kappa shape index (κ3) is 1.81. The van der Waals surface area contributed by atoms with Gasteiger partial charge in [0.15, 0.2) is 5.82 Å². The third-order valence-electron chi connectivity index (χ3n) is 2.01. The zero-order valence-corrected chi connectivity index (χ0v) is 8.52. The van der Waals surface area contributed by atoms with Gasteiger partial charge in [0.25, 0.3) is 11.4 Å². The number of aromatic nitrogens is 3. The molecular formula is C10H11N3O2. The van der Waals surface area contributed by atoms with Crippen LogP contribution in [0.2, 0.25) is 0 Å². The summed E-state index contributed by atoms with van der Waals surface area (Å²) in [5, 5.41) is 3.79. The lowest BCUT2D eigenvalue weighted by Gasteiger charge is -1.92. The normalized spacial score (nSPS) is 10.9. The number of pyridine rings is 1. The number of aromatic amines is 1. The zero-order valence-electron chi connectivity index (χ0n) is 8.52. The van der Waals surface area contributed by atoms with E-state index in [1.165, 1.54) is 0 Å². The molecule has 0 bridgehead atoms. The molecule has 0 aromatic carbocycles. The number of H-pyrrole nitrogens is 1. The van der Waals surface area contributed by atoms with E-state index < -0.39 is 0 Å². The molecule has 2 rings (SSSR count). The van der Waals surface area contributed by atoms with Gasteiger partial charge in [0.2, 0.25) is 0 Å². The molecule has 2 aromatic rings. The minimum absolute atomic E-state index is 0.185. The lowest BCUT2D eigenvalue weighted by atomic mass is 10.2. The van der Waals surface area contributed by atoms with Crippen LogP contribution in [-0.4, -0.2) is 15.1 Å². The average molecular weight is 205 g/mol. The van der Waals surface area contributed by atoms with E-state index in [1.807, 2.05) is 13.8 Å². The molecule has 2 heterocycles. The smallest absolute Gasteiger partial charge is 0.263 e. The Morgan fingerprint density at radius 1 is 1.47 bits per heavy atom. The van der Waals surface area contributed by atoms with Crippen LogP contribution in [0.3, 0.4) is 0 Å². The Morgan fingerprint density at radius 2 is 2.27 bits per heavy atom. The molecule has 5 nitrogen and oxygen atoms in total. The zero-order chi connectivity index (χ0) is 10.8. The molecule has 0 aliphatic heterocycles. The highest BCUT2D eigenvalue weighted by Gasteiger charge is 2.13. The van der Waals surface area contributed by atoms with Crippen LogP contribution in [0.25, 0.3) is 11.5 Å². The molecule has 0 fully saturated rings. The molecule has 0 saturated carbocycles. The molecular weight excluding hydrogens is 194 g/mol. The lowest BCUT2D eigenvalue weighted by Crippen LogP contribution is -2.07. The monoisotopic (exact) mass is 205 g/mol. The van der Waals surface area contributed by atoms with Gasteiger partial charge in [-0.1, -0.05) is 19.0 Å². The van der Waals surface area contributed by atoms with Crippen LogP contribution in [0, 0.1) is 0 Å². The molecule has 78 valence electrons. The summed E-state index contributed by atoms with van der Waals surface area (Å²) in [4.78, 5) is 18.1. The van der Waals surface area contributed by atoms with Crippen molar-refractivity contribution in [2.75, 3.05) is 0 Å². The standard InChI is InChI=1S/C10H11N3O2/c1-6(2)8-12-10(15-13-8)7-4-3-5-11-9(7)14/h3-6H,1-2H3,(H,11,14). The first-order chi connectivity index (χ1) is 7.18. The van der Waals surface area contributed by atoms with Gasteiger partial charge in [-0.3, -0.25) is 4.79 Å². The van der Waals surface area contributed by atoms with Crippen LogP contribution >= 0.6 is 0 Å². The van der Waals surface area contributed by atoms with E-state index >= 15 is 0 Å². The fourth-order valence-electron chi connectivity index (χ4n) is 1.17. The van der Waals surface area contributed by atoms with E-state index in [2.05, 4.69) is 15.1 Å². The molecule has 0 spiro atoms. The van der Waals surface area contributed by atoms with Crippen molar-refractivity contribution in [2.45, 2.75) is 19.8 Å². The summed E-state index contributed by atoms with van der Waals surface area (Å²) in [6.45, 7) is 3.92. The van der Waals surface area contributed by atoms with Crippen LogP contribution in [-0.2, 0) is 0 Å². The fourth-order valence-corrected chi connectivity index (χ4v) is 1.17. The number of hydrogen-bond donors (Lipinski definition) is 1. The van der Waals surface area contributed by atoms with Crippen molar-refractivity contribution in [3.8, 4) is 11.5 Å². The maximum atomic E-state index is 11.4. The largest absolute Gasteiger partial charge is 0.334 e. The summed E-state index contributed by atoms with van der Waals surface area (Å²) in [5.74, 6) is 1.05. The number of nitrogens with zero attached hydrogens (tertiary/aromatic N) is 2. The summed E-state index contributed by atoms with van der Waals surface area (Å²) < 4.78 is 5.01. The van der Waals surface area contributed by atoms with Gasteiger partial charge in [-0.25, -0.2) is 0 Å². The lowest BCUT2D eigenvalue weighted by molar-refractivity contribution is 0.419. The van der Waals surface area contributed by atoms with Crippen LogP contribution in [0.5, 0.6) is 0 Å². The van der Waals surface area contributed by atoms with Gasteiger partial charge in [0.1, 0.15) is 5.56 Å². The fraction of sp³-hybridized carbons (Fsp3) is 0.300. The molecule has 2 aromatic heterocycles. The SMILES string of the molecule is CC(C)c1noc(-c2ccc[nH]c2=O)n1. The third-order valence-corrected chi connectivity index (χ3v) is 2.01. The molecule has 0 amide bonds. The van der Waals surface area contributed by atoms with Gasteiger partial charge in [0, 0.05) is 12.1 Å². The highest BCUT2D eigenvalue weighted by Crippen LogP contribution is 2.15. The Bertz CT molecular complexity index is 513. The summed E-state index contributed by atoms with van der Waals surface area (Å²) >= 11 is 0. The number of hydrogen-bond acceptors (Lipinski definition) is 4. The predicted octanol–water partition coefficient (Wildman–Crippen LogP) is 1.55. The topological polar surface area (TPSA) is 71.8 Å². The van der Waals surface area contributed by atoms with E-state index in [1.54, 1.807) is 18.3 Å². The van der Waals surface area contributed by atoms with Crippen molar-refractivity contribution in [2.24, 2.45) is 0 Å². The van der Waals surface area contributed by atoms with Gasteiger partial charge in [0.05, 0.1) is 0 Å². The highest BCUT2D eigenvalue weighted by molar-refractivity contribution is 5.50. The van der Waals surface area contributed by atoms with Crippen LogP contribution in [0.15, 0.2) is 27.6 Å². The van der Waals surface area contributed by atoms with Gasteiger partial charge in [-0.15, -0.1) is 0 Å². The highest BCUT2D eigenvalue weighted by atomic mass is 16.5. The Hall–Kier alpha value is -1.91. The maximum Gasteiger partial charge on any atom is 0.263 e. The molecule has 5 heteroatoms. The van der Waals surface area contributed by atoms with E-state index in [4.69, 9.17) is 4.52 Å². The minimum atomic E-state index is -0.226. The second kappa shape index (κ2) is 3.68. The Morgan fingerprint density at radius 3 is 2.87 bits per heavy atom. The van der Waals surface area contributed by atoms with Crippen LogP contribution in [0.1, 0.15) is 25.6 Å². The first-order valence-electron chi connectivity index (χ1n) is 4.70. The minimum Gasteiger partial charge on any atom is -0.334 e. The molecule has 0 saturated heterocycles. The Labute approximate surface area is 86.1 Å². The van der Waals surface area contributed by atoms with Gasteiger partial charge in [-0.05, 0) is 12.1 Å². The van der Waals surface area contributed by atoms with Gasteiger partial charge >= 0.3 is 0 Å². The molecule has 0 radical (unpaired) electrons. The second-order valence-electron chi connectivity index (χ2n) is 3.53. The van der Waals surface area contributed by atoms with Gasteiger partial charge in [-0.2, -0.15) is 4.98 Å². The van der Waals surface area contributed by atoms with Crippen molar-refractivity contribution >= 4 is 0 Å². The molecule has 0 atom stereocenters. The van der Waals surface area contributed by atoms with Crippen LogP contribution < -0.4 is 5.56 Å². The van der Waals surface area contributed by atoms with Crippen molar-refractivity contribution in [1.82, 2.24) is 15.1 Å². The molecule has 1 N–H and O–H groups in total. The maximum absolute atomic E-state index is 11.4. The van der Waals surface area contributed by atoms with Gasteiger partial charge < -0.3 is 9.51 Å². The van der Waals surface area contributed by atoms with Crippen LogP contribution in [0.4, 0.5) is 0 Å². The van der Waals surface area contributed by atoms with E-state index in [0.717, 1.165) is 0 Å². The van der Waals surface area contributed by atoms with Crippen molar-refractivity contribution in [3.63, 3.8) is 0 Å². The van der Waals surface area contributed by atoms with Crippen molar-refractivity contribution in [3.05, 3.63) is 34.5 Å². The first kappa shape index (κ1) is 9.64. The van der Waals surface area contributed by atoms with E-state index in [-0.39, 0.29) is 17.4 Å². The summed E-state index contributed by atoms with van der Waals surface area (Å²) in [6.07, 6.45) is 1.56. The molecule has 0 aliphatic carbocycles. The summed E-state index contributed by atoms with van der Waals surface area (Å²) in [6, 6.07) is 3.37. The number of nitrogens with one attached hydrogen (secondary N) is 1. The Kier molecular flexibility index (Phi) is 2.37. The van der Waals surface area contributed by atoms with E-state index in [0.29, 0.717) is 11.4 Å². The van der Waals surface area contributed by atoms with Crippen molar-refractivity contribution in [1.29, 1.82) is 0 Å². The van der Waals surface area contributed by atoms with Crippen molar-refractivity contribution < 1.29 is 4.52 Å². The summed E-state index contributed by atoms with van der Waals surface area (Å²) in [5.41, 5.74) is 0.174. The van der Waals surface area contributed by atoms with E-state index in [9.17, 15) is 4.79 Å². The average Bonchev–Trinajstić information content (AvgIpc) is 2.67. The first-order valence-corrected chi connectivity index (χ1v) is 4.70. The quantitative estimate of drug-likeness (QED) is 0.807. The summed E-state index contributed by atoms with van der Waals surface area (Å²) in [7, 11) is 0. The number of rotatable bonds is 2. The Balaban J connectivity index is 2.47.